The number of aromatic nitrogens is 2. The molecule has 4 heteroatoms. The lowest BCUT2D eigenvalue weighted by Crippen LogP contribution is -1.91. The molecule has 0 saturated carbocycles. The largest absolute Gasteiger partial charge is 0.396 e. The van der Waals surface area contributed by atoms with E-state index in [0.717, 1.165) is 35.7 Å². The maximum atomic E-state index is 8.79. The van der Waals surface area contributed by atoms with Gasteiger partial charge in [-0.05, 0) is 29.9 Å². The molecule has 96 valence electrons. The standard InChI is InChI=1S/C14H18N2OS/c1-2-18-12-7-5-11(6-8-12)13-10-15-14(16-13)4-3-9-17/h5-8,10,17H,2-4,9H2,1H3,(H,15,16). The first-order chi connectivity index (χ1) is 8.83. The average Bonchev–Trinajstić information content (AvgIpc) is 2.86. The quantitative estimate of drug-likeness (QED) is 0.786. The molecular weight excluding hydrogens is 244 g/mol. The Labute approximate surface area is 112 Å². The predicted octanol–water partition coefficient (Wildman–Crippen LogP) is 3.11. The molecule has 0 fully saturated rings. The molecule has 0 spiro atoms. The molecule has 1 aromatic heterocycles. The summed E-state index contributed by atoms with van der Waals surface area (Å²) >= 11 is 1.84. The van der Waals surface area contributed by atoms with Crippen molar-refractivity contribution in [2.45, 2.75) is 24.7 Å². The second kappa shape index (κ2) is 6.61. The summed E-state index contributed by atoms with van der Waals surface area (Å²) in [6.45, 7) is 2.36. The smallest absolute Gasteiger partial charge is 0.106 e. The second-order valence-corrected chi connectivity index (χ2v) is 5.37. The van der Waals surface area contributed by atoms with Gasteiger partial charge in [-0.3, -0.25) is 0 Å². The zero-order chi connectivity index (χ0) is 12.8. The van der Waals surface area contributed by atoms with E-state index in [1.165, 1.54) is 4.90 Å². The van der Waals surface area contributed by atoms with Crippen molar-refractivity contribution < 1.29 is 5.11 Å². The molecular formula is C14H18N2OS. The number of hydrogen-bond donors (Lipinski definition) is 2. The van der Waals surface area contributed by atoms with Gasteiger partial charge in [0.05, 0.1) is 11.9 Å². The number of aliphatic hydroxyl groups excluding tert-OH is 1. The number of rotatable bonds is 6. The molecule has 0 bridgehead atoms. The first-order valence-corrected chi connectivity index (χ1v) is 7.20. The minimum absolute atomic E-state index is 0.207. The molecule has 0 aliphatic carbocycles. The molecule has 0 radical (unpaired) electrons. The normalized spacial score (nSPS) is 10.8. The first kappa shape index (κ1) is 13.2. The van der Waals surface area contributed by atoms with E-state index in [1.807, 2.05) is 18.0 Å². The summed E-state index contributed by atoms with van der Waals surface area (Å²) in [5.41, 5.74) is 2.19. The minimum Gasteiger partial charge on any atom is -0.396 e. The van der Waals surface area contributed by atoms with E-state index in [0.29, 0.717) is 0 Å². The van der Waals surface area contributed by atoms with Crippen LogP contribution in [0, 0.1) is 0 Å². The lowest BCUT2D eigenvalue weighted by atomic mass is 10.2. The van der Waals surface area contributed by atoms with Gasteiger partial charge in [0, 0.05) is 17.9 Å². The van der Waals surface area contributed by atoms with Crippen LogP contribution in [0.1, 0.15) is 19.2 Å². The van der Waals surface area contributed by atoms with Crippen LogP contribution in [0.25, 0.3) is 11.3 Å². The average molecular weight is 262 g/mol. The van der Waals surface area contributed by atoms with Crippen LogP contribution in [0.15, 0.2) is 35.4 Å². The molecule has 0 saturated heterocycles. The zero-order valence-electron chi connectivity index (χ0n) is 10.5. The third kappa shape index (κ3) is 3.37. The number of aliphatic hydroxyl groups is 1. The van der Waals surface area contributed by atoms with Crippen molar-refractivity contribution in [3.63, 3.8) is 0 Å². The van der Waals surface area contributed by atoms with Crippen molar-refractivity contribution in [3.8, 4) is 11.3 Å². The van der Waals surface area contributed by atoms with Crippen molar-refractivity contribution in [1.82, 2.24) is 9.97 Å². The summed E-state index contributed by atoms with van der Waals surface area (Å²) in [7, 11) is 0. The highest BCUT2D eigenvalue weighted by atomic mass is 32.2. The number of imidazole rings is 1. The van der Waals surface area contributed by atoms with Crippen molar-refractivity contribution in [2.24, 2.45) is 0 Å². The minimum atomic E-state index is 0.207. The summed E-state index contributed by atoms with van der Waals surface area (Å²) in [5.74, 6) is 2.03. The van der Waals surface area contributed by atoms with Gasteiger partial charge in [0.2, 0.25) is 0 Å². The fraction of sp³-hybridized carbons (Fsp3) is 0.357. The number of thioether (sulfide) groups is 1. The van der Waals surface area contributed by atoms with Crippen molar-refractivity contribution >= 4 is 11.8 Å². The first-order valence-electron chi connectivity index (χ1n) is 6.21. The van der Waals surface area contributed by atoms with Gasteiger partial charge in [-0.2, -0.15) is 0 Å². The van der Waals surface area contributed by atoms with Gasteiger partial charge in [-0.1, -0.05) is 19.1 Å². The monoisotopic (exact) mass is 262 g/mol. The van der Waals surface area contributed by atoms with Crippen LogP contribution in [0.5, 0.6) is 0 Å². The molecule has 0 unspecified atom stereocenters. The van der Waals surface area contributed by atoms with Crippen LogP contribution in [0.3, 0.4) is 0 Å². The van der Waals surface area contributed by atoms with Crippen LogP contribution in [-0.4, -0.2) is 27.4 Å². The fourth-order valence-electron chi connectivity index (χ4n) is 1.78. The van der Waals surface area contributed by atoms with Gasteiger partial charge in [-0.25, -0.2) is 4.98 Å². The molecule has 1 heterocycles. The molecule has 2 N–H and O–H groups in total. The summed E-state index contributed by atoms with van der Waals surface area (Å²) in [4.78, 5) is 8.90. The number of nitrogens with zero attached hydrogens (tertiary/aromatic N) is 1. The third-order valence-corrected chi connectivity index (χ3v) is 3.57. The maximum absolute atomic E-state index is 8.79. The van der Waals surface area contributed by atoms with Crippen molar-refractivity contribution in [2.75, 3.05) is 12.4 Å². The Morgan fingerprint density at radius 3 is 2.72 bits per heavy atom. The van der Waals surface area contributed by atoms with E-state index in [4.69, 9.17) is 5.11 Å². The summed E-state index contributed by atoms with van der Waals surface area (Å²) in [6, 6.07) is 8.50. The Bertz CT molecular complexity index is 479. The molecule has 0 atom stereocenters. The van der Waals surface area contributed by atoms with Crippen LogP contribution in [0.2, 0.25) is 0 Å². The van der Waals surface area contributed by atoms with E-state index >= 15 is 0 Å². The zero-order valence-corrected chi connectivity index (χ0v) is 11.3. The lowest BCUT2D eigenvalue weighted by Gasteiger charge is -2.01. The lowest BCUT2D eigenvalue weighted by molar-refractivity contribution is 0.287. The number of hydrogen-bond acceptors (Lipinski definition) is 3. The molecule has 1 aromatic carbocycles. The van der Waals surface area contributed by atoms with Crippen molar-refractivity contribution in [3.05, 3.63) is 36.3 Å². The van der Waals surface area contributed by atoms with E-state index in [9.17, 15) is 0 Å². The Balaban J connectivity index is 2.08. The second-order valence-electron chi connectivity index (χ2n) is 4.03. The van der Waals surface area contributed by atoms with Crippen LogP contribution in [0.4, 0.5) is 0 Å². The van der Waals surface area contributed by atoms with Crippen LogP contribution < -0.4 is 0 Å². The molecule has 3 nitrogen and oxygen atoms in total. The summed E-state index contributed by atoms with van der Waals surface area (Å²) < 4.78 is 0. The van der Waals surface area contributed by atoms with E-state index in [2.05, 4.69) is 41.2 Å². The third-order valence-electron chi connectivity index (χ3n) is 2.68. The Kier molecular flexibility index (Phi) is 4.84. The van der Waals surface area contributed by atoms with Gasteiger partial charge >= 0.3 is 0 Å². The highest BCUT2D eigenvalue weighted by molar-refractivity contribution is 7.99. The molecule has 2 rings (SSSR count). The Hall–Kier alpha value is -1.26. The van der Waals surface area contributed by atoms with Crippen LogP contribution >= 0.6 is 11.8 Å². The molecule has 2 aromatic rings. The van der Waals surface area contributed by atoms with Gasteiger partial charge in [0.15, 0.2) is 0 Å². The Morgan fingerprint density at radius 1 is 1.28 bits per heavy atom. The number of nitrogens with one attached hydrogen (secondary N) is 1. The van der Waals surface area contributed by atoms with Crippen molar-refractivity contribution in [1.29, 1.82) is 0 Å². The Morgan fingerprint density at radius 2 is 2.06 bits per heavy atom. The van der Waals surface area contributed by atoms with Gasteiger partial charge < -0.3 is 10.1 Å². The summed E-state index contributed by atoms with van der Waals surface area (Å²) in [5, 5.41) is 8.79. The fourth-order valence-corrected chi connectivity index (χ4v) is 2.44. The molecule has 0 amide bonds. The van der Waals surface area contributed by atoms with Gasteiger partial charge in [0.1, 0.15) is 5.82 Å². The van der Waals surface area contributed by atoms with Gasteiger partial charge in [-0.15, -0.1) is 11.8 Å². The molecule has 0 aliphatic heterocycles. The van der Waals surface area contributed by atoms with Gasteiger partial charge in [0.25, 0.3) is 0 Å². The SMILES string of the molecule is CCSc1ccc(-c2cnc(CCCO)[nH]2)cc1. The highest BCUT2D eigenvalue weighted by Crippen LogP contribution is 2.23. The topological polar surface area (TPSA) is 48.9 Å². The molecule has 18 heavy (non-hydrogen) atoms. The number of aromatic amines is 1. The number of benzene rings is 1. The van der Waals surface area contributed by atoms with E-state index in [1.54, 1.807) is 0 Å². The van der Waals surface area contributed by atoms with E-state index in [-0.39, 0.29) is 6.61 Å². The summed E-state index contributed by atoms with van der Waals surface area (Å²) in [6.07, 6.45) is 3.40. The van der Waals surface area contributed by atoms with E-state index < -0.39 is 0 Å². The predicted molar refractivity (Wildman–Crippen MR) is 75.8 cm³/mol. The number of H-pyrrole nitrogens is 1. The maximum Gasteiger partial charge on any atom is 0.106 e. The molecule has 0 aliphatic rings. The van der Waals surface area contributed by atoms with Crippen LogP contribution in [-0.2, 0) is 6.42 Å². The highest BCUT2D eigenvalue weighted by Gasteiger charge is 2.03. The number of aryl methyl sites for hydroxylation is 1.